The minimum atomic E-state index is -1.00. The summed E-state index contributed by atoms with van der Waals surface area (Å²) < 4.78 is 65.5. The van der Waals surface area contributed by atoms with Gasteiger partial charge in [-0.3, -0.25) is 4.79 Å². The molecule has 0 aliphatic heterocycles. The molecule has 0 aliphatic rings. The molecule has 2 N–H and O–H groups in total. The number of carbonyl (C=O) groups is 2. The van der Waals surface area contributed by atoms with E-state index in [1.807, 2.05) is 0 Å². The zero-order valence-corrected chi connectivity index (χ0v) is 53.1. The third kappa shape index (κ3) is 21.9. The van der Waals surface area contributed by atoms with E-state index >= 15 is 0 Å². The van der Waals surface area contributed by atoms with Crippen LogP contribution in [0.3, 0.4) is 0 Å². The van der Waals surface area contributed by atoms with E-state index in [2.05, 4.69) is 99.4 Å². The Balaban J connectivity index is 0.000000563. The quantitative estimate of drug-likeness (QED) is 0.0924. The van der Waals surface area contributed by atoms with Gasteiger partial charge < -0.3 is 48.0 Å². The number of rotatable bonds is 14. The Kier molecular flexibility index (Phi) is 32.5. The van der Waals surface area contributed by atoms with Gasteiger partial charge >= 0.3 is 73.7 Å². The second-order valence-electron chi connectivity index (χ2n) is 13.1. The number of aryl methyl sites for hydroxylation is 2. The summed E-state index contributed by atoms with van der Waals surface area (Å²) in [6, 6.07) is 10.8. The second kappa shape index (κ2) is 35.1. The van der Waals surface area contributed by atoms with Crippen LogP contribution in [0.4, 0.5) is 20.6 Å². The van der Waals surface area contributed by atoms with Gasteiger partial charge in [-0.2, -0.15) is 9.97 Å². The van der Waals surface area contributed by atoms with E-state index in [1.165, 1.54) is 54.3 Å². The van der Waals surface area contributed by atoms with Crippen LogP contribution in [-0.4, -0.2) is 86.5 Å². The standard InChI is InChI=1S/C20H18ClFN4O6.C14H13ClFN3O4.C7H10N2O2.I3.I2.HI/c1-4-30-16(28)10-31-19-14(6-5-7-23-19)32-18-12(21)9-13(22)17(24-18)26-15(27)8-11(2)25(3)20(26)29;1-2-21-11(20)7-22-14-10(4-3-5-18-14)23-13-8(15)6-9(16)12(17)19-13;1-5-4-6(10)11-7(8-5)9(2)3;1-3-2;1-2;/h5-9H,4,10H2,1-3H3;3-6H,2,7H2,1H3,(H2,17,19);4H,1-3H3;;;1H/q;;;-1;;. The monoisotopic (exact) mass is 1720 g/mol. The Hall–Kier alpha value is -3.28. The number of hydrogen-bond donors (Lipinski definition) is 1. The Morgan fingerprint density at radius 2 is 1.26 bits per heavy atom. The summed E-state index contributed by atoms with van der Waals surface area (Å²) in [6.07, 6.45) is 2.84. The van der Waals surface area contributed by atoms with Crippen molar-refractivity contribution in [1.29, 1.82) is 0 Å². The zero-order chi connectivity index (χ0) is 53.4. The van der Waals surface area contributed by atoms with E-state index in [1.54, 1.807) is 52.8 Å². The van der Waals surface area contributed by atoms with E-state index in [-0.39, 0.29) is 100 Å². The summed E-state index contributed by atoms with van der Waals surface area (Å²) in [7, 11) is 4.97. The van der Waals surface area contributed by atoms with Crippen LogP contribution in [0, 0.1) is 25.5 Å². The number of aromatic nitrogens is 7. The van der Waals surface area contributed by atoms with Crippen molar-refractivity contribution >= 4 is 145 Å². The van der Waals surface area contributed by atoms with Crippen molar-refractivity contribution in [1.82, 2.24) is 34.1 Å². The van der Waals surface area contributed by atoms with E-state index in [4.69, 9.17) is 61.8 Å². The van der Waals surface area contributed by atoms with Crippen LogP contribution in [0.2, 0.25) is 10.0 Å². The topological polar surface area (TPSA) is 257 Å². The molecule has 0 atom stereocenters. The zero-order valence-electron chi connectivity index (χ0n) is 38.5. The molecular weight excluding hydrogens is 1680 g/mol. The molecule has 394 valence electrons. The summed E-state index contributed by atoms with van der Waals surface area (Å²) >= 11 is 21.5. The van der Waals surface area contributed by atoms with Crippen LogP contribution in [0.25, 0.3) is 5.82 Å². The fourth-order valence-corrected chi connectivity index (χ4v) is 5.17. The number of pyridine rings is 4. The van der Waals surface area contributed by atoms with E-state index in [0.717, 1.165) is 12.1 Å². The number of carbonyl (C=O) groups excluding carboxylic acids is 2. The molecule has 6 aromatic rings. The van der Waals surface area contributed by atoms with Crippen molar-refractivity contribution in [3.8, 4) is 40.8 Å². The van der Waals surface area contributed by atoms with Crippen LogP contribution in [-0.2, 0) is 26.1 Å². The van der Waals surface area contributed by atoms with Crippen molar-refractivity contribution in [2.24, 2.45) is 7.05 Å². The first-order valence-corrected chi connectivity index (χ1v) is 39.1. The summed E-state index contributed by atoms with van der Waals surface area (Å²) in [5, 5.41) is -0.305. The van der Waals surface area contributed by atoms with Crippen molar-refractivity contribution in [3.05, 3.63) is 125 Å². The first-order chi connectivity index (χ1) is 33.7. The number of nitrogens with two attached hydrogens (primary N) is 1. The summed E-state index contributed by atoms with van der Waals surface area (Å²) in [5.41, 5.74) is 4.51. The summed E-state index contributed by atoms with van der Waals surface area (Å²) in [4.78, 5) is 79.8. The van der Waals surface area contributed by atoms with Gasteiger partial charge in [0.2, 0.25) is 11.8 Å². The van der Waals surface area contributed by atoms with E-state index in [0.29, 0.717) is 35.2 Å². The number of ether oxygens (including phenoxy) is 6. The van der Waals surface area contributed by atoms with Gasteiger partial charge in [0.25, 0.3) is 23.3 Å². The molecule has 0 amide bonds. The normalized spacial score (nSPS) is 9.88. The van der Waals surface area contributed by atoms with E-state index < -0.39 is 47.2 Å². The molecule has 0 fully saturated rings. The Bertz CT molecular complexity index is 2910. The third-order valence-corrected chi connectivity index (χ3v) is 8.44. The van der Waals surface area contributed by atoms with Gasteiger partial charge in [-0.25, -0.2) is 47.5 Å². The molecule has 6 rings (SSSR count). The van der Waals surface area contributed by atoms with Gasteiger partial charge in [0.05, 0.1) is 18.9 Å². The van der Waals surface area contributed by atoms with Gasteiger partial charge in [0.15, 0.2) is 48.0 Å². The molecular formula is C41H42Cl2F2I6N9O12-. The van der Waals surface area contributed by atoms with Gasteiger partial charge in [-0.1, -0.05) is 23.2 Å². The SMILES string of the molecule is CCOC(=O)COc1ncccc1Oc1nc(-n2c(=O)cc(C)n(C)c2=O)c(F)cc1Cl.CCOC(=O)COc1ncccc1Oc1nc(N)c(F)cc1Cl.Cc1cc(=O)oc(N(C)C)n1.I.II.I[I-]I. The number of esters is 2. The Morgan fingerprint density at radius 1 is 0.792 bits per heavy atom. The first kappa shape index (κ1) is 66.7. The number of anilines is 2. The molecule has 0 aliphatic carbocycles. The molecule has 0 spiro atoms. The van der Waals surface area contributed by atoms with Crippen LogP contribution < -0.4 is 59.7 Å². The maximum atomic E-state index is 14.6. The van der Waals surface area contributed by atoms with Gasteiger partial charge in [0, 0.05) is 101 Å². The predicted octanol–water partition coefficient (Wildman–Crippen LogP) is 6.32. The average molecular weight is 1720 g/mol. The second-order valence-corrected chi connectivity index (χ2v) is 30.1. The Morgan fingerprint density at radius 3 is 1.72 bits per heavy atom. The van der Waals surface area contributed by atoms with Gasteiger partial charge in [-0.15, -0.1) is 24.0 Å². The maximum absolute atomic E-state index is 14.6. The fourth-order valence-electron chi connectivity index (χ4n) is 4.81. The summed E-state index contributed by atoms with van der Waals surface area (Å²) in [6.45, 7) is 6.31. The molecule has 31 heteroatoms. The number of hydrogen-bond acceptors (Lipinski definition) is 19. The number of nitrogen functional groups attached to an aromatic ring is 1. The molecule has 6 aromatic heterocycles. The molecule has 0 saturated heterocycles. The first-order valence-electron chi connectivity index (χ1n) is 19.5. The average Bonchev–Trinajstić information content (AvgIpc) is 3.32. The molecule has 72 heavy (non-hydrogen) atoms. The molecule has 21 nitrogen and oxygen atoms in total. The van der Waals surface area contributed by atoms with E-state index in [9.17, 15) is 32.8 Å². The molecule has 0 saturated carbocycles. The van der Waals surface area contributed by atoms with Crippen molar-refractivity contribution in [2.45, 2.75) is 27.7 Å². The van der Waals surface area contributed by atoms with Crippen LogP contribution in [0.1, 0.15) is 25.2 Å². The van der Waals surface area contributed by atoms with Crippen molar-refractivity contribution in [2.75, 3.05) is 51.2 Å². The molecule has 0 radical (unpaired) electrons. The van der Waals surface area contributed by atoms with Crippen LogP contribution >= 0.6 is 122 Å². The molecule has 0 unspecified atom stereocenters. The van der Waals surface area contributed by atoms with Crippen LogP contribution in [0.5, 0.6) is 35.0 Å². The van der Waals surface area contributed by atoms with Crippen molar-refractivity contribution < 1.29 is 64.5 Å². The number of halogens is 10. The van der Waals surface area contributed by atoms with Gasteiger partial charge in [0.1, 0.15) is 10.0 Å². The minimum absolute atomic E-state index is 0. The van der Waals surface area contributed by atoms with Crippen molar-refractivity contribution in [3.63, 3.8) is 0 Å². The number of nitrogens with zero attached hydrogens (tertiary/aromatic N) is 8. The predicted molar refractivity (Wildman–Crippen MR) is 305 cm³/mol. The molecule has 0 bridgehead atoms. The Labute approximate surface area is 489 Å². The molecule has 6 heterocycles. The fraction of sp³-hybridized carbons (Fsp3) is 0.268. The molecule has 0 aromatic carbocycles. The van der Waals surface area contributed by atoms with Gasteiger partial charge in [-0.05, 0) is 52.0 Å². The third-order valence-electron chi connectivity index (χ3n) is 7.90. The summed E-state index contributed by atoms with van der Waals surface area (Å²) in [5.74, 6) is -4.20. The van der Waals surface area contributed by atoms with Crippen LogP contribution in [0.15, 0.2) is 79.7 Å².